The van der Waals surface area contributed by atoms with Gasteiger partial charge in [-0.3, -0.25) is 4.90 Å². The van der Waals surface area contributed by atoms with Crippen molar-refractivity contribution in [3.63, 3.8) is 0 Å². The average molecular weight is 354 g/mol. The van der Waals surface area contributed by atoms with Gasteiger partial charge in [0.05, 0.1) is 6.54 Å². The predicted octanol–water partition coefficient (Wildman–Crippen LogP) is 2.30. The van der Waals surface area contributed by atoms with Crippen LogP contribution in [0, 0.1) is 12.7 Å². The van der Waals surface area contributed by atoms with Gasteiger partial charge >= 0.3 is 0 Å². The fourth-order valence-corrected chi connectivity index (χ4v) is 3.09. The van der Waals surface area contributed by atoms with Gasteiger partial charge in [-0.25, -0.2) is 14.4 Å². The molecular formula is C18H19FN6O. The van der Waals surface area contributed by atoms with E-state index in [0.29, 0.717) is 42.9 Å². The highest BCUT2D eigenvalue weighted by Gasteiger charge is 2.23. The summed E-state index contributed by atoms with van der Waals surface area (Å²) in [5.41, 5.74) is 1.08. The summed E-state index contributed by atoms with van der Waals surface area (Å²) >= 11 is 0. The third-order valence-electron chi connectivity index (χ3n) is 4.42. The van der Waals surface area contributed by atoms with Crippen LogP contribution in [0.2, 0.25) is 0 Å². The van der Waals surface area contributed by atoms with E-state index in [1.807, 2.05) is 35.2 Å². The van der Waals surface area contributed by atoms with E-state index >= 15 is 0 Å². The molecule has 0 aliphatic carbocycles. The fraction of sp³-hybridized carbons (Fsp3) is 0.333. The van der Waals surface area contributed by atoms with Gasteiger partial charge in [0, 0.05) is 31.7 Å². The lowest BCUT2D eigenvalue weighted by molar-refractivity contribution is 0.214. The molecule has 1 fully saturated rings. The predicted molar refractivity (Wildman–Crippen MR) is 94.0 cm³/mol. The number of benzene rings is 1. The lowest BCUT2D eigenvalue weighted by Crippen LogP contribution is -2.46. The molecule has 0 amide bonds. The Morgan fingerprint density at radius 2 is 1.85 bits per heavy atom. The lowest BCUT2D eigenvalue weighted by atomic mass is 10.1. The molecule has 26 heavy (non-hydrogen) atoms. The Bertz CT molecular complexity index is 876. The van der Waals surface area contributed by atoms with E-state index in [4.69, 9.17) is 4.52 Å². The Labute approximate surface area is 150 Å². The lowest BCUT2D eigenvalue weighted by Gasteiger charge is -2.34. The van der Waals surface area contributed by atoms with Gasteiger partial charge in [-0.1, -0.05) is 35.5 Å². The Morgan fingerprint density at radius 3 is 2.54 bits per heavy atom. The SMILES string of the molecule is Cc1noc(CN2CCN(c3ncnc(-c4ccccc4)c3F)CC2)n1. The van der Waals surface area contributed by atoms with E-state index in [9.17, 15) is 4.39 Å². The Balaban J connectivity index is 1.46. The maximum absolute atomic E-state index is 15.0. The van der Waals surface area contributed by atoms with Crippen LogP contribution in [0.4, 0.5) is 10.2 Å². The summed E-state index contributed by atoms with van der Waals surface area (Å²) < 4.78 is 20.1. The minimum absolute atomic E-state index is 0.333. The zero-order chi connectivity index (χ0) is 17.9. The van der Waals surface area contributed by atoms with E-state index in [0.717, 1.165) is 18.7 Å². The minimum atomic E-state index is -0.375. The van der Waals surface area contributed by atoms with Crippen LogP contribution in [0.25, 0.3) is 11.3 Å². The number of anilines is 1. The van der Waals surface area contributed by atoms with E-state index in [-0.39, 0.29) is 5.82 Å². The van der Waals surface area contributed by atoms with Gasteiger partial charge in [0.2, 0.25) is 5.89 Å². The Kier molecular flexibility index (Phi) is 4.57. The Morgan fingerprint density at radius 1 is 1.08 bits per heavy atom. The number of halogens is 1. The van der Waals surface area contributed by atoms with Crippen molar-refractivity contribution in [2.45, 2.75) is 13.5 Å². The number of rotatable bonds is 4. The molecule has 8 heteroatoms. The van der Waals surface area contributed by atoms with Crippen LogP contribution in [-0.4, -0.2) is 51.2 Å². The van der Waals surface area contributed by atoms with E-state index in [2.05, 4.69) is 25.0 Å². The highest BCUT2D eigenvalue weighted by atomic mass is 19.1. The van der Waals surface area contributed by atoms with Gasteiger partial charge < -0.3 is 9.42 Å². The molecular weight excluding hydrogens is 335 g/mol. The van der Waals surface area contributed by atoms with Gasteiger partial charge in [-0.2, -0.15) is 4.98 Å². The van der Waals surface area contributed by atoms with Crippen LogP contribution in [0.3, 0.4) is 0 Å². The topological polar surface area (TPSA) is 71.2 Å². The molecule has 3 aromatic rings. The van der Waals surface area contributed by atoms with Crippen molar-refractivity contribution in [1.29, 1.82) is 0 Å². The number of aromatic nitrogens is 4. The third-order valence-corrected chi connectivity index (χ3v) is 4.42. The summed E-state index contributed by atoms with van der Waals surface area (Å²) in [6.45, 7) is 5.30. The van der Waals surface area contributed by atoms with Gasteiger partial charge in [-0.05, 0) is 6.92 Å². The maximum atomic E-state index is 15.0. The summed E-state index contributed by atoms with van der Waals surface area (Å²) in [5.74, 6) is 1.22. The molecule has 4 rings (SSSR count). The van der Waals surface area contributed by atoms with Crippen molar-refractivity contribution in [1.82, 2.24) is 25.0 Å². The summed E-state index contributed by atoms with van der Waals surface area (Å²) in [6, 6.07) is 9.33. The molecule has 0 atom stereocenters. The number of nitrogens with zero attached hydrogens (tertiary/aromatic N) is 6. The quantitative estimate of drug-likeness (QED) is 0.712. The zero-order valence-electron chi connectivity index (χ0n) is 14.5. The van der Waals surface area contributed by atoms with Crippen molar-refractivity contribution in [2.24, 2.45) is 0 Å². The van der Waals surface area contributed by atoms with Crippen LogP contribution in [-0.2, 0) is 6.54 Å². The molecule has 1 aromatic carbocycles. The number of hydrogen-bond acceptors (Lipinski definition) is 7. The molecule has 1 saturated heterocycles. The van der Waals surface area contributed by atoms with Crippen LogP contribution < -0.4 is 4.90 Å². The van der Waals surface area contributed by atoms with Gasteiger partial charge in [0.1, 0.15) is 12.0 Å². The second-order valence-electron chi connectivity index (χ2n) is 6.22. The van der Waals surface area contributed by atoms with Crippen LogP contribution >= 0.6 is 0 Å². The fourth-order valence-electron chi connectivity index (χ4n) is 3.09. The summed E-state index contributed by atoms with van der Waals surface area (Å²) in [6.07, 6.45) is 1.42. The molecule has 0 radical (unpaired) electrons. The second-order valence-corrected chi connectivity index (χ2v) is 6.22. The third kappa shape index (κ3) is 3.41. The first kappa shape index (κ1) is 16.6. The number of piperazine rings is 1. The van der Waals surface area contributed by atoms with Crippen LogP contribution in [0.15, 0.2) is 41.2 Å². The largest absolute Gasteiger partial charge is 0.352 e. The molecule has 0 spiro atoms. The average Bonchev–Trinajstić information content (AvgIpc) is 3.08. The van der Waals surface area contributed by atoms with Gasteiger partial charge in [0.15, 0.2) is 17.5 Å². The first-order valence-corrected chi connectivity index (χ1v) is 8.53. The molecule has 0 N–H and O–H groups in total. The first-order valence-electron chi connectivity index (χ1n) is 8.53. The summed E-state index contributed by atoms with van der Waals surface area (Å²) in [4.78, 5) is 16.7. The molecule has 2 aromatic heterocycles. The number of hydrogen-bond donors (Lipinski definition) is 0. The van der Waals surface area contributed by atoms with Crippen molar-refractivity contribution < 1.29 is 8.91 Å². The normalized spacial score (nSPS) is 15.4. The van der Waals surface area contributed by atoms with Crippen molar-refractivity contribution in [2.75, 3.05) is 31.1 Å². The molecule has 0 saturated carbocycles. The first-order chi connectivity index (χ1) is 12.7. The second kappa shape index (κ2) is 7.17. The van der Waals surface area contributed by atoms with Crippen molar-refractivity contribution in [3.8, 4) is 11.3 Å². The molecule has 1 aliphatic rings. The van der Waals surface area contributed by atoms with Crippen LogP contribution in [0.1, 0.15) is 11.7 Å². The van der Waals surface area contributed by atoms with E-state index in [1.165, 1.54) is 6.33 Å². The summed E-state index contributed by atoms with van der Waals surface area (Å²) in [5, 5.41) is 3.81. The molecule has 7 nitrogen and oxygen atoms in total. The van der Waals surface area contributed by atoms with Gasteiger partial charge in [0.25, 0.3) is 0 Å². The van der Waals surface area contributed by atoms with E-state index < -0.39 is 0 Å². The zero-order valence-corrected chi connectivity index (χ0v) is 14.5. The van der Waals surface area contributed by atoms with Crippen molar-refractivity contribution in [3.05, 3.63) is 54.2 Å². The van der Waals surface area contributed by atoms with Crippen molar-refractivity contribution >= 4 is 5.82 Å². The maximum Gasteiger partial charge on any atom is 0.240 e. The molecule has 134 valence electrons. The van der Waals surface area contributed by atoms with E-state index in [1.54, 1.807) is 6.92 Å². The molecule has 3 heterocycles. The molecule has 1 aliphatic heterocycles. The smallest absolute Gasteiger partial charge is 0.240 e. The minimum Gasteiger partial charge on any atom is -0.352 e. The van der Waals surface area contributed by atoms with Crippen LogP contribution in [0.5, 0.6) is 0 Å². The highest BCUT2D eigenvalue weighted by Crippen LogP contribution is 2.26. The summed E-state index contributed by atoms with van der Waals surface area (Å²) in [7, 11) is 0. The molecule has 0 bridgehead atoms. The number of aryl methyl sites for hydroxylation is 1. The monoisotopic (exact) mass is 354 g/mol. The highest BCUT2D eigenvalue weighted by molar-refractivity contribution is 5.63. The standard InChI is InChI=1S/C18H19FN6O/c1-13-22-15(26-23-13)11-24-7-9-25(10-8-24)18-16(19)17(20-12-21-18)14-5-3-2-4-6-14/h2-6,12H,7-11H2,1H3. The molecule has 0 unspecified atom stereocenters. The Hall–Kier alpha value is -2.87. The van der Waals surface area contributed by atoms with Gasteiger partial charge in [-0.15, -0.1) is 0 Å².